The fourth-order valence-corrected chi connectivity index (χ4v) is 5.36. The van der Waals surface area contributed by atoms with Gasteiger partial charge < -0.3 is 14.4 Å². The van der Waals surface area contributed by atoms with E-state index in [0.29, 0.717) is 12.0 Å². The van der Waals surface area contributed by atoms with E-state index in [2.05, 4.69) is 28.9 Å². The summed E-state index contributed by atoms with van der Waals surface area (Å²) < 4.78 is 11.7. The molecule has 3 aliphatic rings. The first kappa shape index (κ1) is 17.0. The molecule has 0 N–H and O–H groups in total. The van der Waals surface area contributed by atoms with Crippen molar-refractivity contribution in [2.24, 2.45) is 11.8 Å². The van der Waals surface area contributed by atoms with Gasteiger partial charge >= 0.3 is 0 Å². The molecule has 0 amide bonds. The molecule has 0 aromatic carbocycles. The van der Waals surface area contributed by atoms with Gasteiger partial charge in [-0.25, -0.2) is 0 Å². The summed E-state index contributed by atoms with van der Waals surface area (Å²) in [6.45, 7) is 11.9. The third-order valence-electron chi connectivity index (χ3n) is 5.72. The molecule has 0 saturated carbocycles. The molecule has 5 heteroatoms. The zero-order valence-electron chi connectivity index (χ0n) is 14.8. The van der Waals surface area contributed by atoms with Gasteiger partial charge in [-0.2, -0.15) is 0 Å². The van der Waals surface area contributed by atoms with Crippen LogP contribution in [0.1, 0.15) is 22.6 Å². The monoisotopic (exact) mass is 350 g/mol. The number of hydrogen-bond acceptors (Lipinski definition) is 5. The van der Waals surface area contributed by atoms with Crippen LogP contribution < -0.4 is 0 Å². The molecule has 3 aliphatic heterocycles. The van der Waals surface area contributed by atoms with Crippen LogP contribution >= 0.6 is 11.3 Å². The van der Waals surface area contributed by atoms with E-state index in [9.17, 15) is 0 Å². The van der Waals surface area contributed by atoms with E-state index < -0.39 is 0 Å². The summed E-state index contributed by atoms with van der Waals surface area (Å²) >= 11 is 1.93. The van der Waals surface area contributed by atoms with Crippen LogP contribution in [0, 0.1) is 18.8 Å². The van der Waals surface area contributed by atoms with Gasteiger partial charge in [0.05, 0.1) is 12.7 Å². The lowest BCUT2D eigenvalue weighted by molar-refractivity contribution is 0.0454. The van der Waals surface area contributed by atoms with Gasteiger partial charge in [0.25, 0.3) is 0 Å². The molecule has 0 radical (unpaired) electrons. The lowest BCUT2D eigenvalue weighted by atomic mass is 9.98. The van der Waals surface area contributed by atoms with E-state index in [4.69, 9.17) is 9.47 Å². The highest BCUT2D eigenvalue weighted by Gasteiger charge is 2.36. The van der Waals surface area contributed by atoms with Crippen molar-refractivity contribution in [3.8, 4) is 0 Å². The minimum Gasteiger partial charge on any atom is -0.381 e. The van der Waals surface area contributed by atoms with Gasteiger partial charge in [-0.05, 0) is 37.8 Å². The predicted octanol–water partition coefficient (Wildman–Crippen LogP) is 2.62. The maximum absolute atomic E-state index is 6.21. The third kappa shape index (κ3) is 4.20. The van der Waals surface area contributed by atoms with Crippen LogP contribution in [0.3, 0.4) is 0 Å². The number of rotatable bonds is 4. The third-order valence-corrected chi connectivity index (χ3v) is 6.71. The van der Waals surface area contributed by atoms with E-state index >= 15 is 0 Å². The Morgan fingerprint density at radius 3 is 2.71 bits per heavy atom. The van der Waals surface area contributed by atoms with E-state index in [0.717, 1.165) is 45.4 Å². The van der Waals surface area contributed by atoms with Crippen LogP contribution in [0.2, 0.25) is 0 Å². The normalized spacial score (nSPS) is 30.4. The topological polar surface area (TPSA) is 24.9 Å². The summed E-state index contributed by atoms with van der Waals surface area (Å²) in [5, 5.41) is 0. The van der Waals surface area contributed by atoms with Crippen LogP contribution in [0.4, 0.5) is 0 Å². The van der Waals surface area contributed by atoms with Crippen molar-refractivity contribution in [2.75, 3.05) is 52.5 Å². The predicted molar refractivity (Wildman–Crippen MR) is 97.5 cm³/mol. The van der Waals surface area contributed by atoms with Crippen LogP contribution in [0.15, 0.2) is 12.1 Å². The molecule has 2 atom stereocenters. The molecular formula is C19H30N2O2S. The number of fused-ring (bicyclic) bond motifs is 1. The highest BCUT2D eigenvalue weighted by Crippen LogP contribution is 2.27. The molecule has 0 spiro atoms. The lowest BCUT2D eigenvalue weighted by Crippen LogP contribution is -2.37. The quantitative estimate of drug-likeness (QED) is 0.833. The minimum absolute atomic E-state index is 0.436. The maximum Gasteiger partial charge on any atom is 0.0755 e. The van der Waals surface area contributed by atoms with Gasteiger partial charge in [-0.1, -0.05) is 0 Å². The first-order chi connectivity index (χ1) is 11.8. The Morgan fingerprint density at radius 1 is 1.08 bits per heavy atom. The average Bonchev–Trinajstić information content (AvgIpc) is 3.10. The summed E-state index contributed by atoms with van der Waals surface area (Å²) in [7, 11) is 0. The first-order valence-electron chi connectivity index (χ1n) is 9.45. The van der Waals surface area contributed by atoms with Gasteiger partial charge in [0.15, 0.2) is 0 Å². The Bertz CT molecular complexity index is 529. The second-order valence-electron chi connectivity index (χ2n) is 7.69. The largest absolute Gasteiger partial charge is 0.381 e. The number of hydrogen-bond donors (Lipinski definition) is 0. The van der Waals surface area contributed by atoms with Crippen LogP contribution in [-0.4, -0.2) is 68.4 Å². The van der Waals surface area contributed by atoms with Crippen molar-refractivity contribution in [3.05, 3.63) is 21.9 Å². The SMILES string of the molecule is Cc1ccc(CN2C[C@@H]3CN(CC4CCOCC4)CCO[C@@H]3C2)s1. The lowest BCUT2D eigenvalue weighted by Gasteiger charge is -2.30. The van der Waals surface area contributed by atoms with Gasteiger partial charge in [0.2, 0.25) is 0 Å². The summed E-state index contributed by atoms with van der Waals surface area (Å²) in [6.07, 6.45) is 2.90. The summed E-state index contributed by atoms with van der Waals surface area (Å²) in [5.41, 5.74) is 0. The van der Waals surface area contributed by atoms with Crippen LogP contribution in [-0.2, 0) is 16.0 Å². The fraction of sp³-hybridized carbons (Fsp3) is 0.789. The minimum atomic E-state index is 0.436. The highest BCUT2D eigenvalue weighted by molar-refractivity contribution is 7.11. The standard InChI is InChI=1S/C19H30N2O2S/c1-15-2-3-18(24-15)13-21-12-17-11-20(6-9-23-19(17)14-21)10-16-4-7-22-8-5-16/h2-3,16-17,19H,4-14H2,1H3/t17-,19+/m0/s1. The highest BCUT2D eigenvalue weighted by atomic mass is 32.1. The number of ether oxygens (including phenoxy) is 2. The van der Waals surface area contributed by atoms with E-state index in [1.54, 1.807) is 0 Å². The Balaban J connectivity index is 1.31. The van der Waals surface area contributed by atoms with Crippen molar-refractivity contribution in [1.82, 2.24) is 9.80 Å². The van der Waals surface area contributed by atoms with Crippen molar-refractivity contribution in [1.29, 1.82) is 0 Å². The van der Waals surface area contributed by atoms with Crippen LogP contribution in [0.25, 0.3) is 0 Å². The zero-order chi connectivity index (χ0) is 16.4. The second kappa shape index (κ2) is 7.83. The maximum atomic E-state index is 6.21. The molecule has 1 aromatic heterocycles. The van der Waals surface area contributed by atoms with Gasteiger partial charge in [0, 0.05) is 68.2 Å². The smallest absolute Gasteiger partial charge is 0.0755 e. The Kier molecular flexibility index (Phi) is 5.54. The first-order valence-corrected chi connectivity index (χ1v) is 10.3. The number of likely N-dealkylation sites (tertiary alicyclic amines) is 1. The van der Waals surface area contributed by atoms with Crippen molar-refractivity contribution in [3.63, 3.8) is 0 Å². The van der Waals surface area contributed by atoms with Crippen LogP contribution in [0.5, 0.6) is 0 Å². The van der Waals surface area contributed by atoms with Gasteiger partial charge in [0.1, 0.15) is 0 Å². The molecule has 0 bridgehead atoms. The molecule has 134 valence electrons. The number of thiophene rings is 1. The molecule has 3 fully saturated rings. The molecular weight excluding hydrogens is 320 g/mol. The van der Waals surface area contributed by atoms with Crippen molar-refractivity contribution >= 4 is 11.3 Å². The van der Waals surface area contributed by atoms with Gasteiger partial charge in [-0.15, -0.1) is 11.3 Å². The summed E-state index contributed by atoms with van der Waals surface area (Å²) in [6, 6.07) is 4.52. The molecule has 0 unspecified atom stereocenters. The van der Waals surface area contributed by atoms with Crippen molar-refractivity contribution < 1.29 is 9.47 Å². The summed E-state index contributed by atoms with van der Waals surface area (Å²) in [4.78, 5) is 8.16. The second-order valence-corrected chi connectivity index (χ2v) is 9.06. The van der Waals surface area contributed by atoms with E-state index in [-0.39, 0.29) is 0 Å². The number of aryl methyl sites for hydroxylation is 1. The van der Waals surface area contributed by atoms with Gasteiger partial charge in [-0.3, -0.25) is 4.90 Å². The fourth-order valence-electron chi connectivity index (χ4n) is 4.43. The molecule has 1 aromatic rings. The molecule has 3 saturated heterocycles. The average molecular weight is 351 g/mol. The molecule has 4 heterocycles. The Labute approximate surface area is 149 Å². The molecule has 4 rings (SSSR count). The Morgan fingerprint density at radius 2 is 1.92 bits per heavy atom. The van der Waals surface area contributed by atoms with E-state index in [1.165, 1.54) is 42.2 Å². The molecule has 24 heavy (non-hydrogen) atoms. The van der Waals surface area contributed by atoms with Crippen molar-refractivity contribution in [2.45, 2.75) is 32.4 Å². The Hall–Kier alpha value is -0.460. The summed E-state index contributed by atoms with van der Waals surface area (Å²) in [5.74, 6) is 1.50. The molecule has 4 nitrogen and oxygen atoms in total. The molecule has 0 aliphatic carbocycles. The van der Waals surface area contributed by atoms with E-state index in [1.807, 2.05) is 11.3 Å². The number of nitrogens with zero attached hydrogens (tertiary/aromatic N) is 2. The zero-order valence-corrected chi connectivity index (χ0v) is 15.6.